The minimum absolute atomic E-state index is 0. The van der Waals surface area contributed by atoms with E-state index in [4.69, 9.17) is 10.5 Å². The van der Waals surface area contributed by atoms with Crippen LogP contribution in [0.2, 0.25) is 0 Å². The first-order chi connectivity index (χ1) is 9.56. The molecule has 7 heteroatoms. The van der Waals surface area contributed by atoms with Gasteiger partial charge in [0.25, 0.3) is 0 Å². The van der Waals surface area contributed by atoms with Gasteiger partial charge in [-0.3, -0.25) is 4.79 Å². The van der Waals surface area contributed by atoms with Crippen LogP contribution in [-0.4, -0.2) is 32.2 Å². The average molecular weight is 384 g/mol. The number of nitrogens with two attached hydrogens (primary N) is 1. The maximum Gasteiger partial charge on any atom is 0.222 e. The van der Waals surface area contributed by atoms with Crippen LogP contribution < -0.4 is 11.1 Å². The number of benzene rings is 1. The molecule has 0 aliphatic rings. The Labute approximate surface area is 139 Å². The Morgan fingerprint density at radius 2 is 2.24 bits per heavy atom. The number of carbonyl (C=O) groups is 1. The fourth-order valence-corrected chi connectivity index (χ4v) is 2.11. The molecule has 3 N–H and O–H groups in total. The van der Waals surface area contributed by atoms with Gasteiger partial charge in [0.2, 0.25) is 5.91 Å². The molecule has 1 rings (SSSR count). The van der Waals surface area contributed by atoms with E-state index >= 15 is 0 Å². The quantitative estimate of drug-likeness (QED) is 0.678. The van der Waals surface area contributed by atoms with Crippen LogP contribution in [0.15, 0.2) is 22.7 Å². The zero-order valence-corrected chi connectivity index (χ0v) is 14.3. The molecule has 0 aliphatic carbocycles. The minimum atomic E-state index is -0.251. The first kappa shape index (κ1) is 20.3. The molecule has 0 heterocycles. The van der Waals surface area contributed by atoms with E-state index in [9.17, 15) is 9.18 Å². The maximum atomic E-state index is 13.6. The van der Waals surface area contributed by atoms with Crippen LogP contribution in [0.4, 0.5) is 4.39 Å². The molecule has 4 nitrogen and oxygen atoms in total. The molecule has 1 atom stereocenters. The van der Waals surface area contributed by atoms with Crippen molar-refractivity contribution < 1.29 is 13.9 Å². The van der Waals surface area contributed by atoms with E-state index in [1.165, 1.54) is 13.2 Å². The summed E-state index contributed by atoms with van der Waals surface area (Å²) in [6.07, 6.45) is 1.27. The van der Waals surface area contributed by atoms with Crippen molar-refractivity contribution in [2.45, 2.75) is 25.4 Å². The van der Waals surface area contributed by atoms with Crippen LogP contribution in [-0.2, 0) is 16.0 Å². The van der Waals surface area contributed by atoms with Crippen LogP contribution in [0.25, 0.3) is 0 Å². The van der Waals surface area contributed by atoms with Gasteiger partial charge in [-0.1, -0.05) is 22.0 Å². The van der Waals surface area contributed by atoms with Crippen molar-refractivity contribution >= 4 is 34.2 Å². The van der Waals surface area contributed by atoms with Gasteiger partial charge in [0.05, 0.1) is 12.5 Å². The summed E-state index contributed by atoms with van der Waals surface area (Å²) in [6, 6.07) is 5.00. The number of amides is 1. The lowest BCUT2D eigenvalue weighted by atomic mass is 10.1. The van der Waals surface area contributed by atoms with Gasteiger partial charge in [-0.15, -0.1) is 12.4 Å². The highest BCUT2D eigenvalue weighted by atomic mass is 79.9. The molecule has 1 aromatic rings. The lowest BCUT2D eigenvalue weighted by molar-refractivity contribution is -0.123. The van der Waals surface area contributed by atoms with Crippen molar-refractivity contribution in [2.75, 3.05) is 20.2 Å². The molecule has 1 unspecified atom stereocenters. The molecule has 0 aromatic heterocycles. The van der Waals surface area contributed by atoms with Crippen LogP contribution in [0, 0.1) is 5.82 Å². The first-order valence-corrected chi connectivity index (χ1v) is 7.29. The van der Waals surface area contributed by atoms with Crippen LogP contribution >= 0.6 is 28.3 Å². The van der Waals surface area contributed by atoms with Gasteiger partial charge in [-0.2, -0.15) is 0 Å². The molecule has 0 fully saturated rings. The van der Waals surface area contributed by atoms with E-state index in [0.29, 0.717) is 31.5 Å². The van der Waals surface area contributed by atoms with Gasteiger partial charge >= 0.3 is 0 Å². The second-order valence-electron chi connectivity index (χ2n) is 4.49. The van der Waals surface area contributed by atoms with Crippen molar-refractivity contribution in [3.8, 4) is 0 Å². The fourth-order valence-electron chi connectivity index (χ4n) is 1.77. The molecular weight excluding hydrogens is 363 g/mol. The number of hydrogen-bond acceptors (Lipinski definition) is 3. The van der Waals surface area contributed by atoms with E-state index in [2.05, 4.69) is 21.2 Å². The third kappa shape index (κ3) is 7.76. The number of aryl methyl sites for hydroxylation is 1. The maximum absolute atomic E-state index is 13.6. The molecule has 0 radical (unpaired) electrons. The van der Waals surface area contributed by atoms with Crippen LogP contribution in [0.5, 0.6) is 0 Å². The summed E-state index contributed by atoms with van der Waals surface area (Å²) in [7, 11) is 1.53. The molecule has 1 aromatic carbocycles. The molecule has 0 bridgehead atoms. The molecule has 0 saturated heterocycles. The number of ether oxygens (including phenoxy) is 1. The topological polar surface area (TPSA) is 64.3 Å². The van der Waals surface area contributed by atoms with Crippen LogP contribution in [0.1, 0.15) is 18.4 Å². The normalized spacial score (nSPS) is 11.6. The summed E-state index contributed by atoms with van der Waals surface area (Å²) in [5.74, 6) is -0.327. The molecule has 0 spiro atoms. The number of rotatable bonds is 8. The van der Waals surface area contributed by atoms with E-state index in [0.717, 1.165) is 4.47 Å². The molecule has 0 saturated carbocycles. The SMILES string of the molecule is COC(CN)CC(=O)NCCCc1ccc(Br)cc1F.Cl. The highest BCUT2D eigenvalue weighted by Crippen LogP contribution is 2.16. The standard InChI is InChI=1S/C14H20BrFN2O2.ClH/c1-20-12(9-17)8-14(19)18-6-2-3-10-4-5-11(15)7-13(10)16;/h4-5,7,12H,2-3,6,8-9,17H2,1H3,(H,18,19);1H. The van der Waals surface area contributed by atoms with Gasteiger partial charge in [0.15, 0.2) is 0 Å². The lowest BCUT2D eigenvalue weighted by Crippen LogP contribution is -2.32. The third-order valence-corrected chi connectivity index (χ3v) is 3.46. The zero-order chi connectivity index (χ0) is 15.0. The summed E-state index contributed by atoms with van der Waals surface area (Å²) < 4.78 is 19.3. The van der Waals surface area contributed by atoms with Crippen molar-refractivity contribution in [2.24, 2.45) is 5.73 Å². The fraction of sp³-hybridized carbons (Fsp3) is 0.500. The number of halogens is 3. The Morgan fingerprint density at radius 3 is 2.81 bits per heavy atom. The highest BCUT2D eigenvalue weighted by molar-refractivity contribution is 9.10. The monoisotopic (exact) mass is 382 g/mol. The summed E-state index contributed by atoms with van der Waals surface area (Å²) in [5.41, 5.74) is 6.09. The number of methoxy groups -OCH3 is 1. The molecule has 120 valence electrons. The van der Waals surface area contributed by atoms with E-state index in [-0.39, 0.29) is 36.7 Å². The van der Waals surface area contributed by atoms with Crippen LogP contribution in [0.3, 0.4) is 0 Å². The summed E-state index contributed by atoms with van der Waals surface area (Å²) in [5, 5.41) is 2.78. The largest absolute Gasteiger partial charge is 0.380 e. The predicted octanol–water partition coefficient (Wildman–Crippen LogP) is 2.42. The molecule has 1 amide bonds. The molecule has 0 aliphatic heterocycles. The second-order valence-corrected chi connectivity index (χ2v) is 5.40. The van der Waals surface area contributed by atoms with E-state index in [1.807, 2.05) is 0 Å². The minimum Gasteiger partial charge on any atom is -0.380 e. The Morgan fingerprint density at radius 1 is 1.52 bits per heavy atom. The predicted molar refractivity (Wildman–Crippen MR) is 87.1 cm³/mol. The number of nitrogens with one attached hydrogen (secondary N) is 1. The summed E-state index contributed by atoms with van der Waals surface area (Å²) in [6.45, 7) is 0.823. The Hall–Kier alpha value is -0.690. The summed E-state index contributed by atoms with van der Waals surface area (Å²) >= 11 is 3.21. The van der Waals surface area contributed by atoms with E-state index in [1.54, 1.807) is 12.1 Å². The Kier molecular flexibility index (Phi) is 10.6. The van der Waals surface area contributed by atoms with Crippen molar-refractivity contribution in [3.05, 3.63) is 34.1 Å². The lowest BCUT2D eigenvalue weighted by Gasteiger charge is -2.12. The molecule has 21 heavy (non-hydrogen) atoms. The first-order valence-electron chi connectivity index (χ1n) is 6.50. The van der Waals surface area contributed by atoms with Gasteiger partial charge in [-0.25, -0.2) is 4.39 Å². The van der Waals surface area contributed by atoms with Gasteiger partial charge in [0, 0.05) is 24.7 Å². The third-order valence-electron chi connectivity index (χ3n) is 2.97. The zero-order valence-electron chi connectivity index (χ0n) is 11.9. The Balaban J connectivity index is 0.00000400. The van der Waals surface area contributed by atoms with Crippen molar-refractivity contribution in [1.29, 1.82) is 0 Å². The summed E-state index contributed by atoms with van der Waals surface area (Å²) in [4.78, 5) is 11.6. The van der Waals surface area contributed by atoms with Gasteiger partial charge in [0.1, 0.15) is 5.82 Å². The average Bonchev–Trinajstić information content (AvgIpc) is 2.42. The van der Waals surface area contributed by atoms with Crippen molar-refractivity contribution in [1.82, 2.24) is 5.32 Å². The smallest absolute Gasteiger partial charge is 0.222 e. The van der Waals surface area contributed by atoms with Gasteiger partial charge in [-0.05, 0) is 30.5 Å². The van der Waals surface area contributed by atoms with Crippen molar-refractivity contribution in [3.63, 3.8) is 0 Å². The number of hydrogen-bond donors (Lipinski definition) is 2. The highest BCUT2D eigenvalue weighted by Gasteiger charge is 2.10. The van der Waals surface area contributed by atoms with Gasteiger partial charge < -0.3 is 15.8 Å². The Bertz CT molecular complexity index is 445. The number of carbonyl (C=O) groups excluding carboxylic acids is 1. The second kappa shape index (κ2) is 11.0. The van der Waals surface area contributed by atoms with E-state index < -0.39 is 0 Å². The molecular formula is C14H21BrClFN2O2.